The number of halogens is 3. The Labute approximate surface area is 306 Å². The maximum Gasteiger partial charge on any atom is 0.346 e. The Bertz CT molecular complexity index is 2360. The number of ether oxygens (including phenoxy) is 1. The van der Waals surface area contributed by atoms with Gasteiger partial charge in [-0.2, -0.15) is 25.0 Å². The average Bonchev–Trinajstić information content (AvgIpc) is 3.98. The van der Waals surface area contributed by atoms with Gasteiger partial charge in [0.1, 0.15) is 47.5 Å². The molecule has 12 nitrogen and oxygen atoms in total. The smallest absolute Gasteiger partial charge is 0.346 e. The normalized spacial score (nSPS) is 23.1. The van der Waals surface area contributed by atoms with E-state index in [2.05, 4.69) is 26.5 Å². The molecule has 2 aromatic carbocycles. The van der Waals surface area contributed by atoms with Crippen LogP contribution in [-0.2, 0) is 0 Å². The van der Waals surface area contributed by atoms with Crippen LogP contribution in [0, 0.1) is 23.0 Å². The molecule has 2 atom stereocenters. The number of carbonyl (C=O) groups is 1. The maximum absolute atomic E-state index is 17.2. The van der Waals surface area contributed by atoms with Gasteiger partial charge in [-0.1, -0.05) is 29.8 Å². The van der Waals surface area contributed by atoms with Crippen LogP contribution in [0.4, 0.5) is 24.4 Å². The van der Waals surface area contributed by atoms with Crippen LogP contribution in [-0.4, -0.2) is 91.0 Å². The molecule has 0 aliphatic carbocycles. The van der Waals surface area contributed by atoms with Crippen molar-refractivity contribution < 1.29 is 18.3 Å². The number of hydrogen-bond acceptors (Lipinski definition) is 11. The fraction of sp³-hybridized carbons (Fsp3) is 0.389. The van der Waals surface area contributed by atoms with Gasteiger partial charge in [-0.05, 0) is 62.8 Å². The summed E-state index contributed by atoms with van der Waals surface area (Å²) in [6.07, 6.45) is 7.78. The van der Waals surface area contributed by atoms with Gasteiger partial charge in [0.05, 0.1) is 26.4 Å². The summed E-state index contributed by atoms with van der Waals surface area (Å²) in [6, 6.07) is 6.05. The Morgan fingerprint density at radius 2 is 2.02 bits per heavy atom. The summed E-state index contributed by atoms with van der Waals surface area (Å²) in [6.45, 7) is 7.84. The lowest BCUT2D eigenvalue weighted by Crippen LogP contribution is -2.50. The summed E-state index contributed by atoms with van der Waals surface area (Å²) < 4.78 is 40.0. The number of nitrogens with two attached hydrogens (primary N) is 1. The van der Waals surface area contributed by atoms with Crippen LogP contribution in [0.15, 0.2) is 43.0 Å². The number of nitriles is 1. The molecular weight excluding hydrogens is 710 g/mol. The number of rotatable bonds is 5. The minimum atomic E-state index is -0.759. The van der Waals surface area contributed by atoms with Gasteiger partial charge in [0.25, 0.3) is 0 Å². The molecule has 0 saturated carbocycles. The lowest BCUT2D eigenvalue weighted by Gasteiger charge is -2.34. The van der Waals surface area contributed by atoms with Gasteiger partial charge in [0, 0.05) is 42.5 Å². The number of carbonyl (C=O) groups excluding carboxylic acids is 1. The molecule has 7 heterocycles. The van der Waals surface area contributed by atoms with E-state index in [4.69, 9.17) is 27.1 Å². The van der Waals surface area contributed by atoms with Crippen LogP contribution in [0.3, 0.4) is 0 Å². The Balaban J connectivity index is 1.17. The van der Waals surface area contributed by atoms with E-state index in [1.54, 1.807) is 6.07 Å². The molecule has 3 aromatic heterocycles. The number of thiophene rings is 1. The Morgan fingerprint density at radius 1 is 1.17 bits per heavy atom. The van der Waals surface area contributed by atoms with Gasteiger partial charge >= 0.3 is 12.0 Å². The second-order valence-electron chi connectivity index (χ2n) is 14.3. The largest absolute Gasteiger partial charge is 0.461 e. The van der Waals surface area contributed by atoms with Crippen molar-refractivity contribution in [2.24, 2.45) is 0 Å². The zero-order chi connectivity index (χ0) is 35.9. The standard InChI is InChI=1S/C36H33ClF2N10O2S/c1-20-13-36(7-2-9-47(36)15-20)17-51-33-44-29-22(12-24(37)27(28(29)39)21-4-5-25(38)30-26(21)23(14-40)31(41)52-30)32(45-33)46-11-8-35(16-46)6-3-10-48(35)34(50)49-19-42-18-43-49/h4-5,12,18-19H,1-3,6-11,13,15-17,41H2/t35-,36-/m0/s1. The summed E-state index contributed by atoms with van der Waals surface area (Å²) in [7, 11) is 0. The number of likely N-dealkylation sites (tertiary alicyclic amines) is 1. The van der Waals surface area contributed by atoms with Crippen LogP contribution < -0.4 is 15.4 Å². The van der Waals surface area contributed by atoms with E-state index in [0.29, 0.717) is 43.9 Å². The van der Waals surface area contributed by atoms with E-state index in [1.807, 2.05) is 15.9 Å². The third-order valence-corrected chi connectivity index (χ3v) is 12.6. The van der Waals surface area contributed by atoms with Gasteiger partial charge in [-0.25, -0.2) is 18.6 Å². The van der Waals surface area contributed by atoms with Gasteiger partial charge < -0.3 is 20.3 Å². The topological polar surface area (TPSA) is 142 Å². The van der Waals surface area contributed by atoms with E-state index in [1.165, 1.54) is 29.5 Å². The van der Waals surface area contributed by atoms with Crippen molar-refractivity contribution in [3.8, 4) is 23.2 Å². The predicted molar refractivity (Wildman–Crippen MR) is 194 cm³/mol. The van der Waals surface area contributed by atoms with Gasteiger partial charge in [0.2, 0.25) is 0 Å². The monoisotopic (exact) mass is 742 g/mol. The summed E-state index contributed by atoms with van der Waals surface area (Å²) in [5.41, 5.74) is 6.76. The van der Waals surface area contributed by atoms with Crippen LogP contribution in [0.5, 0.6) is 6.01 Å². The number of aromatic nitrogens is 5. The molecule has 0 radical (unpaired) electrons. The number of amides is 1. The number of nitrogens with zero attached hydrogens (tertiary/aromatic N) is 9. The Kier molecular flexibility index (Phi) is 7.65. The van der Waals surface area contributed by atoms with Crippen LogP contribution in [0.25, 0.3) is 32.1 Å². The molecule has 16 heteroatoms. The first-order chi connectivity index (χ1) is 25.1. The molecule has 52 heavy (non-hydrogen) atoms. The third kappa shape index (κ3) is 4.95. The molecule has 9 rings (SSSR count). The minimum absolute atomic E-state index is 0.0121. The zero-order valence-corrected chi connectivity index (χ0v) is 29.6. The number of nitrogen functional groups attached to an aromatic ring is 1. The molecule has 0 unspecified atom stereocenters. The molecule has 4 aliphatic rings. The van der Waals surface area contributed by atoms with Crippen molar-refractivity contribution >= 4 is 60.8 Å². The van der Waals surface area contributed by atoms with Crippen molar-refractivity contribution in [2.45, 2.75) is 49.6 Å². The fourth-order valence-corrected chi connectivity index (χ4v) is 10.2. The average molecular weight is 743 g/mol. The first kappa shape index (κ1) is 33.0. The maximum atomic E-state index is 17.2. The molecule has 266 valence electrons. The van der Waals surface area contributed by atoms with Crippen molar-refractivity contribution in [1.82, 2.24) is 34.5 Å². The van der Waals surface area contributed by atoms with Crippen molar-refractivity contribution in [3.63, 3.8) is 0 Å². The van der Waals surface area contributed by atoms with Crippen molar-refractivity contribution in [3.05, 3.63) is 65.2 Å². The SMILES string of the molecule is C=C1CN2CCC[C@@]2(COc2nc(N3CC[C@@]4(CCCN4C(=O)n4cncn4)C3)c3cc(Cl)c(-c4ccc(F)c5sc(N)c(C#N)c45)c(F)c3n2)C1. The van der Waals surface area contributed by atoms with E-state index >= 15 is 4.39 Å². The summed E-state index contributed by atoms with van der Waals surface area (Å²) in [5, 5.41) is 14.7. The fourth-order valence-electron chi connectivity index (χ4n) is 9.00. The molecule has 5 aromatic rings. The molecule has 1 spiro atoms. The van der Waals surface area contributed by atoms with Crippen molar-refractivity contribution in [1.29, 1.82) is 5.26 Å². The first-order valence-electron chi connectivity index (χ1n) is 17.2. The number of hydrogen-bond donors (Lipinski definition) is 1. The van der Waals surface area contributed by atoms with E-state index in [-0.39, 0.29) is 59.9 Å². The first-order valence-corrected chi connectivity index (χ1v) is 18.4. The van der Waals surface area contributed by atoms with E-state index < -0.39 is 17.2 Å². The number of fused-ring (bicyclic) bond motifs is 3. The Hall–Kier alpha value is -4.91. The van der Waals surface area contributed by atoms with Gasteiger partial charge in [-0.15, -0.1) is 11.3 Å². The van der Waals surface area contributed by atoms with Crippen LogP contribution in [0.2, 0.25) is 5.02 Å². The highest BCUT2D eigenvalue weighted by atomic mass is 35.5. The minimum Gasteiger partial charge on any atom is -0.461 e. The van der Waals surface area contributed by atoms with E-state index in [0.717, 1.165) is 62.1 Å². The highest BCUT2D eigenvalue weighted by molar-refractivity contribution is 7.23. The molecule has 4 fully saturated rings. The molecule has 1 amide bonds. The molecule has 4 aliphatic heterocycles. The lowest BCUT2D eigenvalue weighted by molar-refractivity contribution is 0.108. The summed E-state index contributed by atoms with van der Waals surface area (Å²) >= 11 is 7.86. The van der Waals surface area contributed by atoms with Gasteiger partial charge in [-0.3, -0.25) is 4.90 Å². The highest BCUT2D eigenvalue weighted by Crippen LogP contribution is 2.47. The van der Waals surface area contributed by atoms with Crippen LogP contribution >= 0.6 is 22.9 Å². The Morgan fingerprint density at radius 3 is 2.83 bits per heavy atom. The summed E-state index contributed by atoms with van der Waals surface area (Å²) in [4.78, 5) is 33.3. The number of anilines is 2. The number of benzene rings is 2. The highest BCUT2D eigenvalue weighted by Gasteiger charge is 2.50. The molecule has 2 N–H and O–H groups in total. The van der Waals surface area contributed by atoms with Crippen LogP contribution in [0.1, 0.15) is 44.1 Å². The van der Waals surface area contributed by atoms with Gasteiger partial charge in [0.15, 0.2) is 5.82 Å². The third-order valence-electron chi connectivity index (χ3n) is 11.3. The summed E-state index contributed by atoms with van der Waals surface area (Å²) in [5.74, 6) is -0.899. The lowest BCUT2D eigenvalue weighted by atomic mass is 9.94. The molecular formula is C36H33ClF2N10O2S. The van der Waals surface area contributed by atoms with E-state index in [9.17, 15) is 14.4 Å². The second kappa shape index (κ2) is 12.1. The quantitative estimate of drug-likeness (QED) is 0.202. The zero-order valence-electron chi connectivity index (χ0n) is 28.0. The predicted octanol–water partition coefficient (Wildman–Crippen LogP) is 6.37. The van der Waals surface area contributed by atoms with Crippen molar-refractivity contribution in [2.75, 3.05) is 50.0 Å². The molecule has 4 saturated heterocycles. The second-order valence-corrected chi connectivity index (χ2v) is 15.7. The molecule has 0 bridgehead atoms.